The number of aliphatic hydroxyl groups excluding tert-OH is 2. The summed E-state index contributed by atoms with van der Waals surface area (Å²) in [5, 5.41) is 18.5. The maximum atomic E-state index is 12.5. The smallest absolute Gasteiger partial charge is 0.253 e. The number of rotatable bonds is 1. The molecule has 0 aromatic heterocycles. The first-order chi connectivity index (χ1) is 10.0. The van der Waals surface area contributed by atoms with Gasteiger partial charge in [-0.05, 0) is 43.0 Å². The van der Waals surface area contributed by atoms with Gasteiger partial charge < -0.3 is 15.1 Å². The summed E-state index contributed by atoms with van der Waals surface area (Å²) in [6.45, 7) is 4.87. The van der Waals surface area contributed by atoms with Gasteiger partial charge >= 0.3 is 0 Å². The molecule has 112 valence electrons. The van der Waals surface area contributed by atoms with Crippen molar-refractivity contribution >= 4 is 5.91 Å². The molecular formula is C17H21NO3. The van der Waals surface area contributed by atoms with Gasteiger partial charge in [-0.1, -0.05) is 18.8 Å². The average Bonchev–Trinajstić information content (AvgIpc) is 2.48. The summed E-state index contributed by atoms with van der Waals surface area (Å²) in [5.41, 5.74) is 2.39. The third-order valence-electron chi connectivity index (χ3n) is 3.92. The Morgan fingerprint density at radius 1 is 1.48 bits per heavy atom. The van der Waals surface area contributed by atoms with Gasteiger partial charge in [-0.15, -0.1) is 0 Å². The molecule has 2 unspecified atom stereocenters. The van der Waals surface area contributed by atoms with E-state index >= 15 is 0 Å². The van der Waals surface area contributed by atoms with Crippen molar-refractivity contribution in [1.82, 2.24) is 4.90 Å². The Kier molecular flexibility index (Phi) is 5.00. The summed E-state index contributed by atoms with van der Waals surface area (Å²) in [6, 6.07) is 5.42. The second kappa shape index (κ2) is 6.75. The van der Waals surface area contributed by atoms with Crippen LogP contribution in [0.3, 0.4) is 0 Å². The van der Waals surface area contributed by atoms with E-state index in [1.54, 1.807) is 11.0 Å². The molecule has 2 N–H and O–H groups in total. The van der Waals surface area contributed by atoms with Crippen molar-refractivity contribution in [3.63, 3.8) is 0 Å². The van der Waals surface area contributed by atoms with Crippen LogP contribution in [-0.2, 0) is 0 Å². The molecule has 1 aliphatic heterocycles. The Morgan fingerprint density at radius 2 is 2.24 bits per heavy atom. The van der Waals surface area contributed by atoms with E-state index in [-0.39, 0.29) is 24.5 Å². The minimum absolute atomic E-state index is 0.00137. The van der Waals surface area contributed by atoms with Gasteiger partial charge in [-0.3, -0.25) is 4.79 Å². The van der Waals surface area contributed by atoms with Crippen LogP contribution in [0.4, 0.5) is 0 Å². The molecular weight excluding hydrogens is 266 g/mol. The van der Waals surface area contributed by atoms with Crippen LogP contribution in [0, 0.1) is 24.7 Å². The van der Waals surface area contributed by atoms with Crippen molar-refractivity contribution in [2.75, 3.05) is 19.7 Å². The van der Waals surface area contributed by atoms with Gasteiger partial charge in [-0.2, -0.15) is 0 Å². The number of amides is 1. The molecule has 1 amide bonds. The number of hydrogen-bond acceptors (Lipinski definition) is 3. The highest BCUT2D eigenvalue weighted by molar-refractivity contribution is 5.94. The Hall–Kier alpha value is -1.83. The maximum absolute atomic E-state index is 12.5. The molecule has 0 aliphatic carbocycles. The zero-order valence-corrected chi connectivity index (χ0v) is 12.5. The fraction of sp³-hybridized carbons (Fsp3) is 0.471. The lowest BCUT2D eigenvalue weighted by atomic mass is 9.96. The van der Waals surface area contributed by atoms with Gasteiger partial charge in [0.05, 0.1) is 6.10 Å². The Labute approximate surface area is 125 Å². The first kappa shape index (κ1) is 15.6. The van der Waals surface area contributed by atoms with Crippen LogP contribution in [0.5, 0.6) is 0 Å². The molecule has 4 heteroatoms. The summed E-state index contributed by atoms with van der Waals surface area (Å²) >= 11 is 0. The lowest BCUT2D eigenvalue weighted by molar-refractivity contribution is 0.0297. The SMILES string of the molecule is Cc1cc(C(=O)N2CCC(O)C(C)C2)ccc1C#CCO. The average molecular weight is 287 g/mol. The third kappa shape index (κ3) is 3.63. The number of hydrogen-bond donors (Lipinski definition) is 2. The number of piperidine rings is 1. The number of carbonyl (C=O) groups is 1. The summed E-state index contributed by atoms with van der Waals surface area (Å²) in [5.74, 6) is 5.58. The van der Waals surface area contributed by atoms with E-state index in [2.05, 4.69) is 11.8 Å². The van der Waals surface area contributed by atoms with E-state index in [0.29, 0.717) is 25.1 Å². The lowest BCUT2D eigenvalue weighted by Crippen LogP contribution is -2.44. The van der Waals surface area contributed by atoms with Crippen LogP contribution >= 0.6 is 0 Å². The number of aryl methyl sites for hydroxylation is 1. The van der Waals surface area contributed by atoms with Crippen LogP contribution in [0.2, 0.25) is 0 Å². The Balaban J connectivity index is 2.15. The molecule has 0 spiro atoms. The first-order valence-corrected chi connectivity index (χ1v) is 7.20. The number of likely N-dealkylation sites (tertiary alicyclic amines) is 1. The minimum Gasteiger partial charge on any atom is -0.393 e. The summed E-state index contributed by atoms with van der Waals surface area (Å²) < 4.78 is 0. The highest BCUT2D eigenvalue weighted by Crippen LogP contribution is 2.19. The summed E-state index contributed by atoms with van der Waals surface area (Å²) in [4.78, 5) is 14.3. The van der Waals surface area contributed by atoms with E-state index in [4.69, 9.17) is 5.11 Å². The molecule has 2 rings (SSSR count). The molecule has 1 aromatic carbocycles. The molecule has 1 heterocycles. The van der Waals surface area contributed by atoms with E-state index in [1.807, 2.05) is 26.0 Å². The third-order valence-corrected chi connectivity index (χ3v) is 3.92. The summed E-state index contributed by atoms with van der Waals surface area (Å²) in [6.07, 6.45) is 0.318. The summed E-state index contributed by atoms with van der Waals surface area (Å²) in [7, 11) is 0. The zero-order chi connectivity index (χ0) is 15.4. The predicted molar refractivity (Wildman–Crippen MR) is 80.8 cm³/mol. The number of benzene rings is 1. The van der Waals surface area contributed by atoms with Crippen molar-refractivity contribution in [2.24, 2.45) is 5.92 Å². The van der Waals surface area contributed by atoms with Crippen LogP contribution < -0.4 is 0 Å². The maximum Gasteiger partial charge on any atom is 0.253 e. The molecule has 21 heavy (non-hydrogen) atoms. The monoisotopic (exact) mass is 287 g/mol. The quantitative estimate of drug-likeness (QED) is 0.763. The standard InChI is InChI=1S/C17H21NO3/c1-12-10-15(6-5-14(12)4-3-9-19)17(21)18-8-7-16(20)13(2)11-18/h5-6,10,13,16,19-20H,7-9,11H2,1-2H3. The van der Waals surface area contributed by atoms with E-state index in [1.165, 1.54) is 0 Å². The fourth-order valence-electron chi connectivity index (χ4n) is 2.57. The number of aliphatic hydroxyl groups is 2. The Bertz CT molecular complexity index is 585. The van der Waals surface area contributed by atoms with Gasteiger partial charge in [0.1, 0.15) is 6.61 Å². The van der Waals surface area contributed by atoms with Gasteiger partial charge in [0.2, 0.25) is 0 Å². The van der Waals surface area contributed by atoms with Crippen molar-refractivity contribution in [3.8, 4) is 11.8 Å². The largest absolute Gasteiger partial charge is 0.393 e. The van der Waals surface area contributed by atoms with Gasteiger partial charge in [0, 0.05) is 24.2 Å². The molecule has 4 nitrogen and oxygen atoms in total. The first-order valence-electron chi connectivity index (χ1n) is 7.20. The van der Waals surface area contributed by atoms with Crippen molar-refractivity contribution in [1.29, 1.82) is 0 Å². The van der Waals surface area contributed by atoms with E-state index in [9.17, 15) is 9.90 Å². The van der Waals surface area contributed by atoms with Crippen LogP contribution in [-0.4, -0.2) is 46.8 Å². The fourth-order valence-corrected chi connectivity index (χ4v) is 2.57. The molecule has 2 atom stereocenters. The molecule has 0 radical (unpaired) electrons. The van der Waals surface area contributed by atoms with Crippen molar-refractivity contribution in [2.45, 2.75) is 26.4 Å². The van der Waals surface area contributed by atoms with Crippen LogP contribution in [0.25, 0.3) is 0 Å². The molecule has 1 saturated heterocycles. The van der Waals surface area contributed by atoms with Crippen molar-refractivity contribution in [3.05, 3.63) is 34.9 Å². The topological polar surface area (TPSA) is 60.8 Å². The van der Waals surface area contributed by atoms with Gasteiger partial charge in [-0.25, -0.2) is 0 Å². The highest BCUT2D eigenvalue weighted by Gasteiger charge is 2.27. The highest BCUT2D eigenvalue weighted by atomic mass is 16.3. The molecule has 0 saturated carbocycles. The lowest BCUT2D eigenvalue weighted by Gasteiger charge is -2.34. The molecule has 1 aromatic rings. The number of carbonyl (C=O) groups excluding carboxylic acids is 1. The second-order valence-corrected chi connectivity index (χ2v) is 5.57. The normalized spacial score (nSPS) is 21.6. The van der Waals surface area contributed by atoms with Crippen LogP contribution in [0.15, 0.2) is 18.2 Å². The second-order valence-electron chi connectivity index (χ2n) is 5.57. The molecule has 1 aliphatic rings. The minimum atomic E-state index is -0.313. The number of nitrogens with zero attached hydrogens (tertiary/aromatic N) is 1. The van der Waals surface area contributed by atoms with Gasteiger partial charge in [0.25, 0.3) is 5.91 Å². The van der Waals surface area contributed by atoms with Gasteiger partial charge in [0.15, 0.2) is 0 Å². The Morgan fingerprint density at radius 3 is 2.86 bits per heavy atom. The molecule has 1 fully saturated rings. The van der Waals surface area contributed by atoms with Crippen LogP contribution in [0.1, 0.15) is 34.8 Å². The molecule has 0 bridgehead atoms. The predicted octanol–water partition coefficient (Wildman–Crippen LogP) is 1.18. The van der Waals surface area contributed by atoms with Crippen molar-refractivity contribution < 1.29 is 15.0 Å². The van der Waals surface area contributed by atoms with E-state index < -0.39 is 0 Å². The van der Waals surface area contributed by atoms with E-state index in [0.717, 1.165) is 11.1 Å². The zero-order valence-electron chi connectivity index (χ0n) is 12.5.